The van der Waals surface area contributed by atoms with Crippen LogP contribution in [0.2, 0.25) is 0 Å². The van der Waals surface area contributed by atoms with Crippen molar-refractivity contribution in [3.05, 3.63) is 29.8 Å². The maximum atomic E-state index is 12.5. The summed E-state index contributed by atoms with van der Waals surface area (Å²) < 4.78 is 40.6. The molecule has 1 aliphatic rings. The molecule has 6 nitrogen and oxygen atoms in total. The summed E-state index contributed by atoms with van der Waals surface area (Å²) in [6.45, 7) is 3.85. The fraction of sp³-hybridized carbons (Fsp3) is 0.462. The summed E-state index contributed by atoms with van der Waals surface area (Å²) in [6, 6.07) is 6.27. The van der Waals surface area contributed by atoms with Gasteiger partial charge in [0.2, 0.25) is 5.91 Å². The molecule has 1 amide bonds. The Balaban J connectivity index is 2.28. The quantitative estimate of drug-likeness (QED) is 0.810. The van der Waals surface area contributed by atoms with Crippen LogP contribution in [0.1, 0.15) is 12.5 Å². The van der Waals surface area contributed by atoms with Gasteiger partial charge in [0.15, 0.2) is 0 Å². The van der Waals surface area contributed by atoms with E-state index < -0.39 is 19.8 Å². The van der Waals surface area contributed by atoms with Crippen LogP contribution >= 0.6 is 0 Å². The molecule has 21 heavy (non-hydrogen) atoms. The van der Waals surface area contributed by atoms with E-state index in [1.807, 2.05) is 6.92 Å². The molecular weight excluding hydrogens is 312 g/mol. The van der Waals surface area contributed by atoms with Crippen molar-refractivity contribution in [1.82, 2.24) is 4.90 Å². The molecular formula is C13H18N2O4S2. The lowest BCUT2D eigenvalue weighted by Crippen LogP contribution is -2.42. The maximum absolute atomic E-state index is 12.5. The van der Waals surface area contributed by atoms with Crippen LogP contribution in [-0.2, 0) is 24.5 Å². The number of amides is 1. The molecule has 1 aliphatic heterocycles. The van der Waals surface area contributed by atoms with Crippen LogP contribution < -0.4 is 0 Å². The van der Waals surface area contributed by atoms with Crippen LogP contribution in [-0.4, -0.2) is 48.0 Å². The number of carbonyl (C=O) groups excluding carboxylic acids is 1. The number of carbonyl (C=O) groups is 1. The summed E-state index contributed by atoms with van der Waals surface area (Å²) in [5, 5.41) is 0. The Morgan fingerprint density at radius 2 is 1.71 bits per heavy atom. The molecule has 0 spiro atoms. The van der Waals surface area contributed by atoms with Crippen LogP contribution in [0.3, 0.4) is 0 Å². The highest BCUT2D eigenvalue weighted by Crippen LogP contribution is 2.17. The Labute approximate surface area is 125 Å². The number of rotatable bonds is 2. The van der Waals surface area contributed by atoms with Gasteiger partial charge in [0.25, 0.3) is 10.0 Å². The highest BCUT2D eigenvalue weighted by Gasteiger charge is 2.25. The Morgan fingerprint density at radius 1 is 1.19 bits per heavy atom. The Morgan fingerprint density at radius 3 is 2.19 bits per heavy atom. The summed E-state index contributed by atoms with van der Waals surface area (Å²) >= 11 is 0. The second-order valence-corrected chi connectivity index (χ2v) is 9.43. The molecule has 1 heterocycles. The van der Waals surface area contributed by atoms with Gasteiger partial charge in [-0.25, -0.2) is 4.21 Å². The van der Waals surface area contributed by atoms with E-state index in [4.69, 9.17) is 0 Å². The molecule has 1 fully saturated rings. The number of hydrogen-bond donors (Lipinski definition) is 0. The van der Waals surface area contributed by atoms with Crippen molar-refractivity contribution in [2.75, 3.05) is 24.6 Å². The zero-order chi connectivity index (χ0) is 15.7. The summed E-state index contributed by atoms with van der Waals surface area (Å²) in [6.07, 6.45) is 0. The molecule has 1 aromatic rings. The first-order chi connectivity index (χ1) is 9.72. The van der Waals surface area contributed by atoms with Crippen LogP contribution in [0.25, 0.3) is 0 Å². The lowest BCUT2D eigenvalue weighted by atomic mass is 10.2. The number of sulfonamides is 1. The first kappa shape index (κ1) is 16.0. The molecule has 0 aliphatic carbocycles. The third kappa shape index (κ3) is 3.82. The predicted octanol–water partition coefficient (Wildman–Crippen LogP) is 1.01. The van der Waals surface area contributed by atoms with Gasteiger partial charge < -0.3 is 4.90 Å². The van der Waals surface area contributed by atoms with Gasteiger partial charge in [0.1, 0.15) is 0 Å². The van der Waals surface area contributed by atoms with Gasteiger partial charge in [-0.1, -0.05) is 17.7 Å². The molecule has 1 saturated heterocycles. The van der Waals surface area contributed by atoms with Gasteiger partial charge in [0.05, 0.1) is 26.1 Å². The zero-order valence-electron chi connectivity index (χ0n) is 12.0. The van der Waals surface area contributed by atoms with Gasteiger partial charge in [0, 0.05) is 20.0 Å². The Hall–Kier alpha value is -1.41. The topological polar surface area (TPSA) is 83.9 Å². The van der Waals surface area contributed by atoms with E-state index in [0.717, 1.165) is 5.56 Å². The highest BCUT2D eigenvalue weighted by atomic mass is 32.3. The lowest BCUT2D eigenvalue weighted by molar-refractivity contribution is -0.128. The van der Waals surface area contributed by atoms with Gasteiger partial charge >= 0.3 is 0 Å². The third-order valence-corrected chi connectivity index (χ3v) is 7.74. The van der Waals surface area contributed by atoms with Crippen LogP contribution in [0, 0.1) is 6.92 Å². The van der Waals surface area contributed by atoms with Gasteiger partial charge in [-0.05, 0) is 19.1 Å². The summed E-state index contributed by atoms with van der Waals surface area (Å²) in [4.78, 5) is 12.8. The number of benzene rings is 1. The average Bonchev–Trinajstić information content (AvgIpc) is 2.38. The molecule has 116 valence electrons. The molecule has 0 unspecified atom stereocenters. The van der Waals surface area contributed by atoms with Crippen LogP contribution in [0.4, 0.5) is 0 Å². The smallest absolute Gasteiger partial charge is 0.290 e. The average molecular weight is 330 g/mol. The number of nitrogens with zero attached hydrogens (tertiary/aromatic N) is 2. The molecule has 0 N–H and O–H groups in total. The van der Waals surface area contributed by atoms with Crippen molar-refractivity contribution < 1.29 is 17.4 Å². The standard InChI is InChI=1S/C13H18N2O4S2/c1-11-3-5-13(6-4-11)21(18,19)14-20(17)9-7-15(8-10-20)12(2)16/h3-6H,7-10H2,1-2H3. The van der Waals surface area contributed by atoms with Crippen molar-refractivity contribution in [2.24, 2.45) is 3.77 Å². The summed E-state index contributed by atoms with van der Waals surface area (Å²) in [5.41, 5.74) is 0.938. The van der Waals surface area contributed by atoms with Crippen molar-refractivity contribution in [1.29, 1.82) is 0 Å². The van der Waals surface area contributed by atoms with E-state index in [-0.39, 0.29) is 35.4 Å². The molecule has 1 aromatic carbocycles. The van der Waals surface area contributed by atoms with Gasteiger partial charge in [-0.2, -0.15) is 8.42 Å². The Kier molecular flexibility index (Phi) is 4.38. The minimum Gasteiger partial charge on any atom is -0.341 e. The normalized spacial score (nSPS) is 18.3. The minimum atomic E-state index is -3.93. The van der Waals surface area contributed by atoms with E-state index in [1.165, 1.54) is 19.1 Å². The maximum Gasteiger partial charge on any atom is 0.290 e. The van der Waals surface area contributed by atoms with E-state index >= 15 is 0 Å². The summed E-state index contributed by atoms with van der Waals surface area (Å²) in [5.74, 6) is 0.0906. The molecule has 0 saturated carbocycles. The van der Waals surface area contributed by atoms with E-state index in [9.17, 15) is 17.4 Å². The van der Waals surface area contributed by atoms with E-state index in [0.29, 0.717) is 0 Å². The second kappa shape index (κ2) is 5.76. The van der Waals surface area contributed by atoms with E-state index in [2.05, 4.69) is 3.77 Å². The van der Waals surface area contributed by atoms with Crippen LogP contribution in [0.15, 0.2) is 32.9 Å². The first-order valence-electron chi connectivity index (χ1n) is 6.53. The number of aryl methyl sites for hydroxylation is 1. The molecule has 2 rings (SSSR count). The Bertz CT molecular complexity index is 746. The minimum absolute atomic E-state index is 0.0461. The van der Waals surface area contributed by atoms with E-state index in [1.54, 1.807) is 17.0 Å². The van der Waals surface area contributed by atoms with Crippen molar-refractivity contribution in [3.8, 4) is 0 Å². The van der Waals surface area contributed by atoms with Crippen molar-refractivity contribution >= 4 is 25.7 Å². The fourth-order valence-corrected chi connectivity index (χ4v) is 6.11. The largest absolute Gasteiger partial charge is 0.341 e. The molecule has 0 bridgehead atoms. The molecule has 0 aromatic heterocycles. The lowest BCUT2D eigenvalue weighted by Gasteiger charge is -2.27. The SMILES string of the molecule is CC(=O)N1CCS(=O)(=NS(=O)(=O)c2ccc(C)cc2)CC1. The van der Waals surface area contributed by atoms with Crippen molar-refractivity contribution in [3.63, 3.8) is 0 Å². The zero-order valence-corrected chi connectivity index (χ0v) is 13.6. The predicted molar refractivity (Wildman–Crippen MR) is 80.9 cm³/mol. The second-order valence-electron chi connectivity index (χ2n) is 5.05. The fourth-order valence-electron chi connectivity index (χ4n) is 2.04. The van der Waals surface area contributed by atoms with Crippen molar-refractivity contribution in [2.45, 2.75) is 18.7 Å². The first-order valence-corrected chi connectivity index (χ1v) is 9.82. The van der Waals surface area contributed by atoms with Gasteiger partial charge in [-0.3, -0.25) is 4.79 Å². The molecule has 8 heteroatoms. The number of hydrogen-bond acceptors (Lipinski definition) is 4. The molecule has 0 atom stereocenters. The third-order valence-electron chi connectivity index (χ3n) is 3.36. The van der Waals surface area contributed by atoms with Gasteiger partial charge in [-0.15, -0.1) is 3.77 Å². The summed E-state index contributed by atoms with van der Waals surface area (Å²) in [7, 11) is -6.76. The highest BCUT2D eigenvalue weighted by molar-refractivity contribution is 8.03. The van der Waals surface area contributed by atoms with Crippen LogP contribution in [0.5, 0.6) is 0 Å². The monoisotopic (exact) mass is 330 g/mol. The molecule has 0 radical (unpaired) electrons.